The first-order valence-electron chi connectivity index (χ1n) is 4.89. The monoisotopic (exact) mass is 233 g/mol. The van der Waals surface area contributed by atoms with Crippen molar-refractivity contribution in [2.24, 2.45) is 0 Å². The third kappa shape index (κ3) is 2.25. The SMILES string of the molecule is Cc1c(Cl)cccc1Nc1cncc(N)c1. The first-order chi connectivity index (χ1) is 7.66. The van der Waals surface area contributed by atoms with E-state index < -0.39 is 0 Å². The van der Waals surface area contributed by atoms with E-state index in [2.05, 4.69) is 10.3 Å². The Labute approximate surface area is 99.3 Å². The number of hydrogen-bond acceptors (Lipinski definition) is 3. The summed E-state index contributed by atoms with van der Waals surface area (Å²) >= 11 is 6.03. The molecule has 0 fully saturated rings. The van der Waals surface area contributed by atoms with Crippen molar-refractivity contribution in [1.82, 2.24) is 4.98 Å². The van der Waals surface area contributed by atoms with Crippen molar-refractivity contribution in [1.29, 1.82) is 0 Å². The van der Waals surface area contributed by atoms with E-state index >= 15 is 0 Å². The van der Waals surface area contributed by atoms with E-state index in [1.807, 2.05) is 31.2 Å². The largest absolute Gasteiger partial charge is 0.397 e. The lowest BCUT2D eigenvalue weighted by Gasteiger charge is -2.10. The Bertz CT molecular complexity index is 511. The molecule has 82 valence electrons. The van der Waals surface area contributed by atoms with Crippen LogP contribution in [-0.2, 0) is 0 Å². The summed E-state index contributed by atoms with van der Waals surface area (Å²) in [6.45, 7) is 1.96. The molecule has 0 saturated carbocycles. The van der Waals surface area contributed by atoms with Gasteiger partial charge in [0.25, 0.3) is 0 Å². The summed E-state index contributed by atoms with van der Waals surface area (Å²) in [7, 11) is 0. The van der Waals surface area contributed by atoms with E-state index in [4.69, 9.17) is 17.3 Å². The van der Waals surface area contributed by atoms with Gasteiger partial charge < -0.3 is 11.1 Å². The maximum absolute atomic E-state index is 6.03. The van der Waals surface area contributed by atoms with Crippen LogP contribution in [0, 0.1) is 6.92 Å². The lowest BCUT2D eigenvalue weighted by atomic mass is 10.2. The van der Waals surface area contributed by atoms with Crippen LogP contribution in [0.3, 0.4) is 0 Å². The van der Waals surface area contributed by atoms with Crippen molar-refractivity contribution in [2.75, 3.05) is 11.1 Å². The molecule has 0 atom stereocenters. The van der Waals surface area contributed by atoms with E-state index in [0.717, 1.165) is 22.0 Å². The van der Waals surface area contributed by atoms with Crippen LogP contribution in [0.1, 0.15) is 5.56 Å². The van der Waals surface area contributed by atoms with Crippen molar-refractivity contribution >= 4 is 28.7 Å². The number of pyridine rings is 1. The van der Waals surface area contributed by atoms with Crippen molar-refractivity contribution in [3.8, 4) is 0 Å². The van der Waals surface area contributed by atoms with Gasteiger partial charge in [-0.1, -0.05) is 17.7 Å². The Balaban J connectivity index is 2.31. The van der Waals surface area contributed by atoms with Crippen LogP contribution in [0.4, 0.5) is 17.1 Å². The second-order valence-corrected chi connectivity index (χ2v) is 3.95. The molecular weight excluding hydrogens is 222 g/mol. The van der Waals surface area contributed by atoms with Crippen molar-refractivity contribution in [2.45, 2.75) is 6.92 Å². The third-order valence-electron chi connectivity index (χ3n) is 2.31. The highest BCUT2D eigenvalue weighted by atomic mass is 35.5. The van der Waals surface area contributed by atoms with Gasteiger partial charge in [-0.3, -0.25) is 4.98 Å². The van der Waals surface area contributed by atoms with Gasteiger partial charge in [-0.15, -0.1) is 0 Å². The normalized spacial score (nSPS) is 10.1. The molecule has 0 radical (unpaired) electrons. The third-order valence-corrected chi connectivity index (χ3v) is 2.72. The molecule has 3 nitrogen and oxygen atoms in total. The molecule has 0 saturated heterocycles. The second kappa shape index (κ2) is 4.41. The Kier molecular flexibility index (Phi) is 2.97. The molecule has 0 unspecified atom stereocenters. The highest BCUT2D eigenvalue weighted by Crippen LogP contribution is 2.26. The van der Waals surface area contributed by atoms with Crippen LogP contribution in [0.2, 0.25) is 5.02 Å². The van der Waals surface area contributed by atoms with E-state index in [9.17, 15) is 0 Å². The maximum Gasteiger partial charge on any atom is 0.0591 e. The predicted octanol–water partition coefficient (Wildman–Crippen LogP) is 3.37. The Morgan fingerprint density at radius 2 is 2.12 bits per heavy atom. The highest BCUT2D eigenvalue weighted by molar-refractivity contribution is 6.31. The molecule has 0 aliphatic carbocycles. The zero-order valence-corrected chi connectivity index (χ0v) is 9.62. The molecule has 2 rings (SSSR count). The standard InChI is InChI=1S/C12H12ClN3/c1-8-11(13)3-2-4-12(8)16-10-5-9(14)6-15-7-10/h2-7,16H,14H2,1H3. The fourth-order valence-electron chi connectivity index (χ4n) is 1.42. The van der Waals surface area contributed by atoms with Crippen molar-refractivity contribution < 1.29 is 0 Å². The Morgan fingerprint density at radius 1 is 1.31 bits per heavy atom. The number of aromatic nitrogens is 1. The van der Waals surface area contributed by atoms with E-state index in [1.54, 1.807) is 12.4 Å². The summed E-state index contributed by atoms with van der Waals surface area (Å²) in [4.78, 5) is 4.01. The van der Waals surface area contributed by atoms with Gasteiger partial charge in [0.2, 0.25) is 0 Å². The van der Waals surface area contributed by atoms with Crippen LogP contribution < -0.4 is 11.1 Å². The molecular formula is C12H12ClN3. The minimum atomic E-state index is 0.629. The number of rotatable bonds is 2. The molecule has 1 aromatic heterocycles. The number of nitrogen functional groups attached to an aromatic ring is 1. The van der Waals surface area contributed by atoms with Crippen LogP contribution in [-0.4, -0.2) is 4.98 Å². The Morgan fingerprint density at radius 3 is 2.88 bits per heavy atom. The molecule has 2 aromatic rings. The zero-order valence-electron chi connectivity index (χ0n) is 8.87. The quantitative estimate of drug-likeness (QED) is 0.836. The van der Waals surface area contributed by atoms with Gasteiger partial charge in [-0.25, -0.2) is 0 Å². The fraction of sp³-hybridized carbons (Fsp3) is 0.0833. The number of benzene rings is 1. The van der Waals surface area contributed by atoms with Gasteiger partial charge in [0.15, 0.2) is 0 Å². The summed E-state index contributed by atoms with van der Waals surface area (Å²) < 4.78 is 0. The van der Waals surface area contributed by atoms with Crippen LogP contribution in [0.15, 0.2) is 36.7 Å². The molecule has 1 heterocycles. The summed E-state index contributed by atoms with van der Waals surface area (Å²) in [6.07, 6.45) is 3.33. The van der Waals surface area contributed by atoms with Gasteiger partial charge >= 0.3 is 0 Å². The van der Waals surface area contributed by atoms with Gasteiger partial charge in [0.1, 0.15) is 0 Å². The molecule has 16 heavy (non-hydrogen) atoms. The van der Waals surface area contributed by atoms with Crippen LogP contribution in [0.5, 0.6) is 0 Å². The number of halogens is 1. The second-order valence-electron chi connectivity index (χ2n) is 3.54. The van der Waals surface area contributed by atoms with Gasteiger partial charge in [0.05, 0.1) is 17.6 Å². The van der Waals surface area contributed by atoms with E-state index in [1.165, 1.54) is 0 Å². The number of anilines is 3. The van der Waals surface area contributed by atoms with Crippen molar-refractivity contribution in [3.63, 3.8) is 0 Å². The molecule has 0 aliphatic heterocycles. The number of nitrogens with two attached hydrogens (primary N) is 1. The zero-order chi connectivity index (χ0) is 11.5. The van der Waals surface area contributed by atoms with Gasteiger partial charge in [0, 0.05) is 16.9 Å². The molecule has 1 aromatic carbocycles. The minimum absolute atomic E-state index is 0.629. The lowest BCUT2D eigenvalue weighted by molar-refractivity contribution is 1.32. The molecule has 0 aliphatic rings. The first kappa shape index (κ1) is 10.8. The Hall–Kier alpha value is -1.74. The number of hydrogen-bond donors (Lipinski definition) is 2. The topological polar surface area (TPSA) is 50.9 Å². The fourth-order valence-corrected chi connectivity index (χ4v) is 1.60. The molecule has 0 amide bonds. The summed E-state index contributed by atoms with van der Waals surface area (Å²) in [5.41, 5.74) is 9.10. The van der Waals surface area contributed by atoms with Crippen LogP contribution in [0.25, 0.3) is 0 Å². The van der Waals surface area contributed by atoms with Gasteiger partial charge in [-0.05, 0) is 30.7 Å². The molecule has 4 heteroatoms. The lowest BCUT2D eigenvalue weighted by Crippen LogP contribution is -1.95. The highest BCUT2D eigenvalue weighted by Gasteiger charge is 2.02. The number of nitrogens with zero attached hydrogens (tertiary/aromatic N) is 1. The van der Waals surface area contributed by atoms with Crippen LogP contribution >= 0.6 is 11.6 Å². The predicted molar refractivity (Wildman–Crippen MR) is 68.1 cm³/mol. The van der Waals surface area contributed by atoms with Crippen molar-refractivity contribution in [3.05, 3.63) is 47.2 Å². The average molecular weight is 234 g/mol. The maximum atomic E-state index is 6.03. The molecule has 3 N–H and O–H groups in total. The summed E-state index contributed by atoms with van der Waals surface area (Å²) in [5, 5.41) is 3.96. The first-order valence-corrected chi connectivity index (χ1v) is 5.27. The van der Waals surface area contributed by atoms with Gasteiger partial charge in [-0.2, -0.15) is 0 Å². The number of nitrogens with one attached hydrogen (secondary N) is 1. The molecule has 0 spiro atoms. The average Bonchev–Trinajstić information content (AvgIpc) is 2.25. The minimum Gasteiger partial charge on any atom is -0.397 e. The summed E-state index contributed by atoms with van der Waals surface area (Å²) in [5.74, 6) is 0. The molecule has 0 bridgehead atoms. The smallest absolute Gasteiger partial charge is 0.0591 e. The summed E-state index contributed by atoms with van der Waals surface area (Å²) in [6, 6.07) is 7.55. The van der Waals surface area contributed by atoms with E-state index in [0.29, 0.717) is 5.69 Å². The van der Waals surface area contributed by atoms with E-state index in [-0.39, 0.29) is 0 Å².